The second-order valence-corrected chi connectivity index (χ2v) is 10.1. The summed E-state index contributed by atoms with van der Waals surface area (Å²) in [6.07, 6.45) is 0.295. The molecule has 1 aliphatic rings. The first-order valence-electron chi connectivity index (χ1n) is 10.1. The molecule has 0 bridgehead atoms. The van der Waals surface area contributed by atoms with Gasteiger partial charge in [0.05, 0.1) is 18.2 Å². The van der Waals surface area contributed by atoms with Gasteiger partial charge in [-0.1, -0.05) is 51.1 Å². The van der Waals surface area contributed by atoms with Gasteiger partial charge >= 0.3 is 0 Å². The Hall–Kier alpha value is -2.22. The van der Waals surface area contributed by atoms with Gasteiger partial charge in [0.2, 0.25) is 11.8 Å². The maximum atomic E-state index is 13.4. The van der Waals surface area contributed by atoms with Crippen molar-refractivity contribution in [2.45, 2.75) is 52.6 Å². The molecule has 1 aliphatic heterocycles. The number of hydrogen-bond acceptors (Lipinski definition) is 3. The summed E-state index contributed by atoms with van der Waals surface area (Å²) in [4.78, 5) is 42.4. The van der Waals surface area contributed by atoms with E-state index in [1.165, 1.54) is 4.90 Å². The summed E-state index contributed by atoms with van der Waals surface area (Å²) >= 11 is 2.18. The molecular weight excluding hydrogens is 491 g/mol. The van der Waals surface area contributed by atoms with E-state index in [0.29, 0.717) is 12.1 Å². The average molecular weight is 518 g/mol. The van der Waals surface area contributed by atoms with E-state index in [2.05, 4.69) is 22.6 Å². The Labute approximate surface area is 191 Å². The molecule has 0 spiro atoms. The molecule has 5 nitrogen and oxygen atoms in total. The van der Waals surface area contributed by atoms with Crippen LogP contribution in [0.15, 0.2) is 54.6 Å². The quantitative estimate of drug-likeness (QED) is 0.416. The molecule has 158 valence electrons. The van der Waals surface area contributed by atoms with Crippen molar-refractivity contribution in [1.29, 1.82) is 0 Å². The van der Waals surface area contributed by atoms with Gasteiger partial charge in [-0.05, 0) is 64.8 Å². The summed E-state index contributed by atoms with van der Waals surface area (Å²) in [5.74, 6) is -0.735. The number of hydrogen-bond donors (Lipinski definition) is 0. The van der Waals surface area contributed by atoms with Crippen LogP contribution < -0.4 is 4.90 Å². The molecule has 1 heterocycles. The second kappa shape index (κ2) is 8.88. The molecule has 1 saturated heterocycles. The molecule has 2 aromatic rings. The Morgan fingerprint density at radius 1 is 1.10 bits per heavy atom. The smallest absolute Gasteiger partial charge is 0.257 e. The van der Waals surface area contributed by atoms with Gasteiger partial charge in [-0.2, -0.15) is 0 Å². The largest absolute Gasteiger partial charge is 0.323 e. The van der Waals surface area contributed by atoms with Gasteiger partial charge < -0.3 is 4.90 Å². The van der Waals surface area contributed by atoms with Crippen LogP contribution in [0.3, 0.4) is 0 Å². The van der Waals surface area contributed by atoms with Crippen LogP contribution in [0.25, 0.3) is 0 Å². The summed E-state index contributed by atoms with van der Waals surface area (Å²) in [6, 6.07) is 15.8. The summed E-state index contributed by atoms with van der Waals surface area (Å²) in [5, 5.41) is 0. The Morgan fingerprint density at radius 3 is 2.27 bits per heavy atom. The van der Waals surface area contributed by atoms with E-state index >= 15 is 0 Å². The number of carbonyl (C=O) groups is 3. The summed E-state index contributed by atoms with van der Waals surface area (Å²) in [7, 11) is 0. The Morgan fingerprint density at radius 2 is 1.70 bits per heavy atom. The molecular formula is C24H27IN2O3. The normalized spacial score (nSPS) is 17.9. The minimum absolute atomic E-state index is 0.00211. The number of halogens is 1. The van der Waals surface area contributed by atoms with Crippen molar-refractivity contribution in [1.82, 2.24) is 4.90 Å². The maximum absolute atomic E-state index is 13.4. The van der Waals surface area contributed by atoms with Gasteiger partial charge in [-0.3, -0.25) is 14.4 Å². The average Bonchev–Trinajstić information content (AvgIpc) is 2.96. The third-order valence-electron chi connectivity index (χ3n) is 5.21. The lowest BCUT2D eigenvalue weighted by molar-refractivity contribution is -0.142. The van der Waals surface area contributed by atoms with Gasteiger partial charge in [-0.25, -0.2) is 4.90 Å². The SMILES string of the molecule is CC(c1ccccc1)N(C(=O)CC(C)(C)C)C1CC(=O)N(c2ccc(I)cc2)C1=O. The molecule has 6 heteroatoms. The lowest BCUT2D eigenvalue weighted by Crippen LogP contribution is -2.47. The highest BCUT2D eigenvalue weighted by Crippen LogP contribution is 2.33. The van der Waals surface area contributed by atoms with Crippen LogP contribution in [0, 0.1) is 8.99 Å². The monoisotopic (exact) mass is 518 g/mol. The fourth-order valence-electron chi connectivity index (χ4n) is 3.79. The van der Waals surface area contributed by atoms with Crippen molar-refractivity contribution in [3.05, 3.63) is 63.7 Å². The third kappa shape index (κ3) is 4.91. The highest BCUT2D eigenvalue weighted by molar-refractivity contribution is 14.1. The second-order valence-electron chi connectivity index (χ2n) is 8.89. The molecule has 3 amide bonds. The molecule has 2 atom stereocenters. The minimum atomic E-state index is -0.804. The van der Waals surface area contributed by atoms with Crippen molar-refractivity contribution in [3.8, 4) is 0 Å². The Balaban J connectivity index is 1.96. The van der Waals surface area contributed by atoms with Gasteiger partial charge in [0, 0.05) is 9.99 Å². The predicted molar refractivity (Wildman–Crippen MR) is 126 cm³/mol. The number of imide groups is 1. The number of amides is 3. The van der Waals surface area contributed by atoms with Crippen molar-refractivity contribution in [2.24, 2.45) is 5.41 Å². The Kier molecular flexibility index (Phi) is 6.65. The van der Waals surface area contributed by atoms with E-state index in [4.69, 9.17) is 0 Å². The fraction of sp³-hybridized carbons (Fsp3) is 0.375. The molecule has 2 unspecified atom stereocenters. The van der Waals surface area contributed by atoms with Crippen LogP contribution in [0.1, 0.15) is 52.1 Å². The summed E-state index contributed by atoms with van der Waals surface area (Å²) < 4.78 is 1.02. The zero-order valence-electron chi connectivity index (χ0n) is 17.8. The number of benzene rings is 2. The van der Waals surface area contributed by atoms with Crippen LogP contribution in [-0.2, 0) is 14.4 Å². The van der Waals surface area contributed by atoms with Crippen molar-refractivity contribution in [2.75, 3.05) is 4.90 Å². The molecule has 0 N–H and O–H groups in total. The lowest BCUT2D eigenvalue weighted by atomic mass is 9.90. The lowest BCUT2D eigenvalue weighted by Gasteiger charge is -2.35. The van der Waals surface area contributed by atoms with Gasteiger partial charge in [-0.15, -0.1) is 0 Å². The van der Waals surface area contributed by atoms with E-state index in [1.807, 2.05) is 70.2 Å². The first kappa shape index (κ1) is 22.5. The molecule has 3 rings (SSSR count). The molecule has 1 fully saturated rings. The van der Waals surface area contributed by atoms with Gasteiger partial charge in [0.25, 0.3) is 5.91 Å². The molecule has 0 radical (unpaired) electrons. The van der Waals surface area contributed by atoms with Crippen molar-refractivity contribution < 1.29 is 14.4 Å². The van der Waals surface area contributed by atoms with Crippen LogP contribution in [0.4, 0.5) is 5.69 Å². The van der Waals surface area contributed by atoms with E-state index in [-0.39, 0.29) is 35.6 Å². The van der Waals surface area contributed by atoms with E-state index < -0.39 is 6.04 Å². The van der Waals surface area contributed by atoms with E-state index in [1.54, 1.807) is 17.0 Å². The van der Waals surface area contributed by atoms with Crippen LogP contribution in [0.5, 0.6) is 0 Å². The molecule has 0 aromatic heterocycles. The molecule has 0 aliphatic carbocycles. The first-order chi connectivity index (χ1) is 14.1. The van der Waals surface area contributed by atoms with E-state index in [0.717, 1.165) is 9.13 Å². The molecule has 30 heavy (non-hydrogen) atoms. The number of carbonyl (C=O) groups excluding carboxylic acids is 3. The number of nitrogens with zero attached hydrogens (tertiary/aromatic N) is 2. The maximum Gasteiger partial charge on any atom is 0.257 e. The van der Waals surface area contributed by atoms with Crippen molar-refractivity contribution in [3.63, 3.8) is 0 Å². The highest BCUT2D eigenvalue weighted by Gasteiger charge is 2.46. The van der Waals surface area contributed by atoms with Gasteiger partial charge in [0.1, 0.15) is 6.04 Å². The van der Waals surface area contributed by atoms with Crippen molar-refractivity contribution >= 4 is 46.0 Å². The molecule has 0 saturated carbocycles. The fourth-order valence-corrected chi connectivity index (χ4v) is 4.15. The Bertz CT molecular complexity index is 935. The number of rotatable bonds is 5. The topological polar surface area (TPSA) is 57.7 Å². The first-order valence-corrected chi connectivity index (χ1v) is 11.1. The zero-order chi connectivity index (χ0) is 22.1. The summed E-state index contributed by atoms with van der Waals surface area (Å²) in [6.45, 7) is 7.91. The van der Waals surface area contributed by atoms with Gasteiger partial charge in [0.15, 0.2) is 0 Å². The standard InChI is InChI=1S/C24H27IN2O3/c1-16(17-8-6-5-7-9-17)26(22(29)15-24(2,3)4)20-14-21(28)27(23(20)30)19-12-10-18(25)11-13-19/h5-13,16,20H,14-15H2,1-4H3. The van der Waals surface area contributed by atoms with Crippen LogP contribution in [0.2, 0.25) is 0 Å². The third-order valence-corrected chi connectivity index (χ3v) is 5.93. The van der Waals surface area contributed by atoms with Crippen LogP contribution in [-0.4, -0.2) is 28.7 Å². The predicted octanol–water partition coefficient (Wildman–Crippen LogP) is 4.95. The zero-order valence-corrected chi connectivity index (χ0v) is 19.9. The highest BCUT2D eigenvalue weighted by atomic mass is 127. The molecule has 2 aromatic carbocycles. The number of anilines is 1. The summed E-state index contributed by atoms with van der Waals surface area (Å²) in [5.41, 5.74) is 1.25. The minimum Gasteiger partial charge on any atom is -0.323 e. The van der Waals surface area contributed by atoms with Crippen LogP contribution >= 0.6 is 22.6 Å². The van der Waals surface area contributed by atoms with E-state index in [9.17, 15) is 14.4 Å².